The number of aromatic nitrogens is 3. The summed E-state index contributed by atoms with van der Waals surface area (Å²) in [6, 6.07) is 6.79. The van der Waals surface area contributed by atoms with E-state index in [4.69, 9.17) is 4.74 Å². The van der Waals surface area contributed by atoms with Crippen LogP contribution in [0.5, 0.6) is 0 Å². The molecule has 4 rings (SSSR count). The van der Waals surface area contributed by atoms with Gasteiger partial charge in [-0.15, -0.1) is 0 Å². The van der Waals surface area contributed by atoms with Crippen LogP contribution >= 0.6 is 0 Å². The zero-order valence-electron chi connectivity index (χ0n) is 19.7. The number of amides is 3. The van der Waals surface area contributed by atoms with Crippen molar-refractivity contribution in [3.63, 3.8) is 0 Å². The highest BCUT2D eigenvalue weighted by atomic mass is 16.5. The topological polar surface area (TPSA) is 107 Å². The summed E-state index contributed by atoms with van der Waals surface area (Å²) < 4.78 is 8.23. The number of nitrogens with zero attached hydrogens (tertiary/aromatic N) is 5. The third-order valence-corrected chi connectivity index (χ3v) is 6.64. The minimum atomic E-state index is -0.291. The van der Waals surface area contributed by atoms with Crippen molar-refractivity contribution in [1.82, 2.24) is 24.1 Å². The van der Waals surface area contributed by atoms with Gasteiger partial charge in [-0.05, 0) is 38.3 Å². The van der Waals surface area contributed by atoms with E-state index >= 15 is 0 Å². The van der Waals surface area contributed by atoms with Gasteiger partial charge < -0.3 is 9.64 Å². The van der Waals surface area contributed by atoms with Crippen LogP contribution in [-0.4, -0.2) is 75.2 Å². The fourth-order valence-corrected chi connectivity index (χ4v) is 4.76. The Balaban J connectivity index is 1.28. The highest BCUT2D eigenvalue weighted by Crippen LogP contribution is 2.27. The molecule has 0 unspecified atom stereocenters. The van der Waals surface area contributed by atoms with Crippen molar-refractivity contribution >= 4 is 17.7 Å². The van der Waals surface area contributed by atoms with Crippen molar-refractivity contribution in [1.29, 1.82) is 0 Å². The quantitative estimate of drug-likeness (QED) is 0.515. The van der Waals surface area contributed by atoms with E-state index in [9.17, 15) is 19.2 Å². The minimum Gasteiger partial charge on any atom is -0.383 e. The number of imide groups is 1. The molecule has 1 saturated heterocycles. The molecule has 1 fully saturated rings. The summed E-state index contributed by atoms with van der Waals surface area (Å²) in [4.78, 5) is 53.3. The van der Waals surface area contributed by atoms with Crippen LogP contribution in [0.1, 0.15) is 65.1 Å². The highest BCUT2D eigenvalue weighted by molar-refractivity contribution is 6.21. The van der Waals surface area contributed by atoms with Gasteiger partial charge in [0.1, 0.15) is 5.82 Å². The number of fused-ring (bicyclic) bond motifs is 1. The number of carbonyl (C=O) groups is 3. The molecule has 2 aromatic rings. The lowest BCUT2D eigenvalue weighted by Gasteiger charge is -2.31. The first-order chi connectivity index (χ1) is 16.5. The second kappa shape index (κ2) is 10.3. The van der Waals surface area contributed by atoms with Crippen LogP contribution in [0.3, 0.4) is 0 Å². The van der Waals surface area contributed by atoms with Crippen LogP contribution in [0.4, 0.5) is 0 Å². The Bertz CT molecular complexity index is 1090. The molecule has 0 spiro atoms. The summed E-state index contributed by atoms with van der Waals surface area (Å²) in [5.74, 6) is 0.343. The van der Waals surface area contributed by atoms with Gasteiger partial charge in [-0.3, -0.25) is 23.9 Å². The number of benzene rings is 1. The Hall–Kier alpha value is -3.27. The molecular formula is C24H31N5O5. The number of ether oxygens (including phenoxy) is 1. The SMILES string of the molecule is CCn1c(C2CCN(C(=O)CCCN3C(=O)c4ccccc4C3=O)CC2)nn(CCOC)c1=O. The second-order valence-corrected chi connectivity index (χ2v) is 8.67. The van der Waals surface area contributed by atoms with E-state index in [2.05, 4.69) is 5.10 Å². The van der Waals surface area contributed by atoms with Gasteiger partial charge in [0.25, 0.3) is 11.8 Å². The van der Waals surface area contributed by atoms with E-state index in [1.165, 1.54) is 9.58 Å². The van der Waals surface area contributed by atoms with Gasteiger partial charge in [-0.25, -0.2) is 9.48 Å². The number of likely N-dealkylation sites (tertiary alicyclic amines) is 1. The first-order valence-corrected chi connectivity index (χ1v) is 11.9. The zero-order valence-corrected chi connectivity index (χ0v) is 19.7. The maximum atomic E-state index is 12.7. The van der Waals surface area contributed by atoms with Gasteiger partial charge in [0, 0.05) is 45.6 Å². The maximum absolute atomic E-state index is 12.7. The maximum Gasteiger partial charge on any atom is 0.345 e. The largest absolute Gasteiger partial charge is 0.383 e. The molecule has 1 aromatic carbocycles. The van der Waals surface area contributed by atoms with E-state index < -0.39 is 0 Å². The Morgan fingerprint density at radius 1 is 1.06 bits per heavy atom. The molecule has 1 aromatic heterocycles. The highest BCUT2D eigenvalue weighted by Gasteiger charge is 2.35. The fourth-order valence-electron chi connectivity index (χ4n) is 4.76. The third-order valence-electron chi connectivity index (χ3n) is 6.64. The van der Waals surface area contributed by atoms with Crippen LogP contribution in [0.25, 0.3) is 0 Å². The molecule has 10 heteroatoms. The Kier molecular flexibility index (Phi) is 7.26. The van der Waals surface area contributed by atoms with Gasteiger partial charge in [0.15, 0.2) is 0 Å². The average molecular weight is 470 g/mol. The first kappa shape index (κ1) is 23.9. The van der Waals surface area contributed by atoms with E-state index in [0.717, 1.165) is 18.7 Å². The second-order valence-electron chi connectivity index (χ2n) is 8.67. The smallest absolute Gasteiger partial charge is 0.345 e. The lowest BCUT2D eigenvalue weighted by Crippen LogP contribution is -2.39. The Labute approximate surface area is 198 Å². The van der Waals surface area contributed by atoms with Crippen molar-refractivity contribution in [3.8, 4) is 0 Å². The number of piperidine rings is 1. The number of carbonyl (C=O) groups excluding carboxylic acids is 3. The molecule has 34 heavy (non-hydrogen) atoms. The number of hydrogen-bond acceptors (Lipinski definition) is 6. The van der Waals surface area contributed by atoms with Gasteiger partial charge in [0.05, 0.1) is 24.3 Å². The summed E-state index contributed by atoms with van der Waals surface area (Å²) in [6.07, 6.45) is 2.20. The molecule has 3 heterocycles. The van der Waals surface area contributed by atoms with Crippen LogP contribution in [0, 0.1) is 0 Å². The standard InChI is InChI=1S/C24H31N5O5/c1-3-27-21(25-29(24(27)33)15-16-34-2)17-10-13-26(14-11-17)20(30)9-6-12-28-22(31)18-7-4-5-8-19(18)23(28)32/h4-5,7-8,17H,3,6,9-16H2,1-2H3. The molecule has 3 amide bonds. The molecular weight excluding hydrogens is 438 g/mol. The Morgan fingerprint density at radius 3 is 2.29 bits per heavy atom. The monoisotopic (exact) mass is 469 g/mol. The predicted molar refractivity (Wildman–Crippen MR) is 124 cm³/mol. The lowest BCUT2D eigenvalue weighted by molar-refractivity contribution is -0.132. The summed E-state index contributed by atoms with van der Waals surface area (Å²) in [5, 5.41) is 4.55. The van der Waals surface area contributed by atoms with Gasteiger partial charge >= 0.3 is 5.69 Å². The molecule has 0 atom stereocenters. The number of rotatable bonds is 9. The van der Waals surface area contributed by atoms with E-state index in [0.29, 0.717) is 50.3 Å². The average Bonchev–Trinajstić information content (AvgIpc) is 3.31. The predicted octanol–water partition coefficient (Wildman–Crippen LogP) is 1.49. The van der Waals surface area contributed by atoms with Crippen LogP contribution in [-0.2, 0) is 22.6 Å². The summed E-state index contributed by atoms with van der Waals surface area (Å²) in [7, 11) is 1.59. The minimum absolute atomic E-state index is 0.0218. The summed E-state index contributed by atoms with van der Waals surface area (Å²) in [5.41, 5.74) is 0.730. The van der Waals surface area contributed by atoms with Gasteiger partial charge in [-0.2, -0.15) is 5.10 Å². The van der Waals surface area contributed by atoms with Crippen molar-refractivity contribution in [2.24, 2.45) is 0 Å². The molecule has 182 valence electrons. The molecule has 0 saturated carbocycles. The zero-order chi connectivity index (χ0) is 24.2. The van der Waals surface area contributed by atoms with E-state index in [-0.39, 0.29) is 42.3 Å². The van der Waals surface area contributed by atoms with Gasteiger partial charge in [0.2, 0.25) is 5.91 Å². The summed E-state index contributed by atoms with van der Waals surface area (Å²) in [6.45, 7) is 4.75. The van der Waals surface area contributed by atoms with Crippen LogP contribution < -0.4 is 5.69 Å². The molecule has 10 nitrogen and oxygen atoms in total. The van der Waals surface area contributed by atoms with Crippen LogP contribution in [0.15, 0.2) is 29.1 Å². The number of methoxy groups -OCH3 is 1. The molecule has 2 aliphatic heterocycles. The lowest BCUT2D eigenvalue weighted by atomic mass is 9.95. The third kappa shape index (κ3) is 4.54. The molecule has 2 aliphatic rings. The molecule has 0 aliphatic carbocycles. The van der Waals surface area contributed by atoms with Crippen molar-refractivity contribution in [2.45, 2.75) is 51.6 Å². The molecule has 0 radical (unpaired) electrons. The van der Waals surface area contributed by atoms with Crippen molar-refractivity contribution in [3.05, 3.63) is 51.7 Å². The van der Waals surface area contributed by atoms with Crippen molar-refractivity contribution < 1.29 is 19.1 Å². The molecule has 0 N–H and O–H groups in total. The Morgan fingerprint density at radius 2 is 1.71 bits per heavy atom. The summed E-state index contributed by atoms with van der Waals surface area (Å²) >= 11 is 0. The van der Waals surface area contributed by atoms with Gasteiger partial charge in [-0.1, -0.05) is 12.1 Å². The molecule has 0 bridgehead atoms. The van der Waals surface area contributed by atoms with Crippen LogP contribution in [0.2, 0.25) is 0 Å². The van der Waals surface area contributed by atoms with Crippen molar-refractivity contribution in [2.75, 3.05) is 33.4 Å². The normalized spacial score (nSPS) is 16.4. The first-order valence-electron chi connectivity index (χ1n) is 11.9. The number of hydrogen-bond donors (Lipinski definition) is 0. The van der Waals surface area contributed by atoms with E-state index in [1.807, 2.05) is 11.8 Å². The van der Waals surface area contributed by atoms with E-state index in [1.54, 1.807) is 35.9 Å². The fraction of sp³-hybridized carbons (Fsp3) is 0.542.